The molecule has 2 aromatic carbocycles. The highest BCUT2D eigenvalue weighted by atomic mass is 32.1. The van der Waals surface area contributed by atoms with Gasteiger partial charge in [-0.2, -0.15) is 0 Å². The molecular formula is C22H20N2O3S. The van der Waals surface area contributed by atoms with Crippen LogP contribution < -0.4 is 4.74 Å². The number of ether oxygens (including phenoxy) is 1. The van der Waals surface area contributed by atoms with Crippen molar-refractivity contribution in [3.05, 3.63) is 82.2 Å². The number of rotatable bonds is 7. The van der Waals surface area contributed by atoms with Crippen molar-refractivity contribution in [1.29, 1.82) is 0 Å². The molecule has 2 heterocycles. The fourth-order valence-electron chi connectivity index (χ4n) is 3.18. The minimum absolute atomic E-state index is 0.00152. The van der Waals surface area contributed by atoms with Crippen LogP contribution in [-0.4, -0.2) is 23.1 Å². The molecule has 0 radical (unpaired) electrons. The van der Waals surface area contributed by atoms with Gasteiger partial charge in [-0.15, -0.1) is 11.3 Å². The second-order valence-electron chi connectivity index (χ2n) is 6.44. The van der Waals surface area contributed by atoms with E-state index in [2.05, 4.69) is 5.16 Å². The topological polar surface area (TPSA) is 55.6 Å². The van der Waals surface area contributed by atoms with Gasteiger partial charge in [-0.1, -0.05) is 41.6 Å². The summed E-state index contributed by atoms with van der Waals surface area (Å²) < 4.78 is 10.8. The highest BCUT2D eigenvalue weighted by Crippen LogP contribution is 2.23. The summed E-state index contributed by atoms with van der Waals surface area (Å²) >= 11 is 1.64. The molecule has 6 heteroatoms. The molecule has 142 valence electrons. The minimum Gasteiger partial charge on any atom is -0.496 e. The van der Waals surface area contributed by atoms with E-state index in [9.17, 15) is 4.79 Å². The lowest BCUT2D eigenvalue weighted by Crippen LogP contribution is -2.31. The van der Waals surface area contributed by atoms with Crippen molar-refractivity contribution in [2.45, 2.75) is 19.5 Å². The fraction of sp³-hybridized carbons (Fsp3) is 0.182. The molecule has 4 aromatic rings. The Morgan fingerprint density at radius 3 is 2.71 bits per heavy atom. The maximum Gasteiger partial charge on any atom is 0.229 e. The van der Waals surface area contributed by atoms with Crippen LogP contribution in [0.1, 0.15) is 16.1 Å². The first-order valence-electron chi connectivity index (χ1n) is 9.00. The first-order chi connectivity index (χ1) is 13.7. The number of carbonyl (C=O) groups excluding carboxylic acids is 1. The van der Waals surface area contributed by atoms with Crippen LogP contribution in [0.2, 0.25) is 0 Å². The van der Waals surface area contributed by atoms with Crippen LogP contribution in [0.3, 0.4) is 0 Å². The van der Waals surface area contributed by atoms with Crippen LogP contribution >= 0.6 is 11.3 Å². The molecule has 0 aliphatic heterocycles. The summed E-state index contributed by atoms with van der Waals surface area (Å²) in [7, 11) is 1.64. The summed E-state index contributed by atoms with van der Waals surface area (Å²) in [4.78, 5) is 16.2. The Bertz CT molecular complexity index is 1070. The van der Waals surface area contributed by atoms with Gasteiger partial charge in [0.2, 0.25) is 5.91 Å². The van der Waals surface area contributed by atoms with Gasteiger partial charge >= 0.3 is 0 Å². The number of hydrogen-bond acceptors (Lipinski definition) is 5. The van der Waals surface area contributed by atoms with Gasteiger partial charge in [-0.25, -0.2) is 0 Å². The van der Waals surface area contributed by atoms with Gasteiger partial charge in [-0.3, -0.25) is 4.79 Å². The van der Waals surface area contributed by atoms with Crippen LogP contribution in [0.4, 0.5) is 0 Å². The average Bonchev–Trinajstić information content (AvgIpc) is 3.38. The first-order valence-corrected chi connectivity index (χ1v) is 9.88. The monoisotopic (exact) mass is 392 g/mol. The number of nitrogens with zero attached hydrogens (tertiary/aromatic N) is 2. The Balaban J connectivity index is 1.59. The zero-order valence-corrected chi connectivity index (χ0v) is 16.3. The molecule has 0 atom stereocenters. The van der Waals surface area contributed by atoms with E-state index >= 15 is 0 Å². The Morgan fingerprint density at radius 1 is 1.07 bits per heavy atom. The number of hydrogen-bond donors (Lipinski definition) is 0. The molecule has 0 unspecified atom stereocenters. The predicted octanol–water partition coefficient (Wildman–Crippen LogP) is 4.67. The van der Waals surface area contributed by atoms with E-state index in [4.69, 9.17) is 9.26 Å². The van der Waals surface area contributed by atoms with E-state index in [1.807, 2.05) is 70.9 Å². The van der Waals surface area contributed by atoms with E-state index in [1.165, 1.54) is 0 Å². The highest BCUT2D eigenvalue weighted by Gasteiger charge is 2.20. The summed E-state index contributed by atoms with van der Waals surface area (Å²) in [5.74, 6) is 0.775. The zero-order chi connectivity index (χ0) is 19.3. The number of aromatic nitrogens is 1. The van der Waals surface area contributed by atoms with Crippen molar-refractivity contribution < 1.29 is 14.1 Å². The molecule has 0 bridgehead atoms. The van der Waals surface area contributed by atoms with Crippen molar-refractivity contribution in [1.82, 2.24) is 10.1 Å². The molecule has 0 aliphatic carbocycles. The van der Waals surface area contributed by atoms with Gasteiger partial charge < -0.3 is 14.2 Å². The molecule has 5 nitrogen and oxygen atoms in total. The second kappa shape index (κ2) is 8.27. The van der Waals surface area contributed by atoms with Crippen molar-refractivity contribution >= 4 is 28.2 Å². The first kappa shape index (κ1) is 18.3. The Morgan fingerprint density at radius 2 is 1.89 bits per heavy atom. The minimum atomic E-state index is -0.00152. The molecule has 0 aliphatic rings. The van der Waals surface area contributed by atoms with Crippen LogP contribution in [0, 0.1) is 0 Å². The normalized spacial score (nSPS) is 10.9. The summed E-state index contributed by atoms with van der Waals surface area (Å²) in [5.41, 5.74) is 2.33. The van der Waals surface area contributed by atoms with Gasteiger partial charge in [0.1, 0.15) is 11.4 Å². The molecule has 2 aromatic heterocycles. The average molecular weight is 392 g/mol. The molecule has 0 saturated heterocycles. The molecule has 0 spiro atoms. The van der Waals surface area contributed by atoms with Crippen molar-refractivity contribution in [2.24, 2.45) is 0 Å². The summed E-state index contributed by atoms with van der Waals surface area (Å²) in [6.07, 6.45) is 0.192. The molecular weight excluding hydrogens is 372 g/mol. The molecule has 0 saturated carbocycles. The lowest BCUT2D eigenvalue weighted by Gasteiger charge is -2.23. The Labute approximate surface area is 167 Å². The molecule has 1 amide bonds. The number of para-hydroxylation sites is 2. The lowest BCUT2D eigenvalue weighted by molar-refractivity contribution is -0.131. The third-order valence-electron chi connectivity index (χ3n) is 4.60. The molecule has 4 rings (SSSR count). The number of carbonyl (C=O) groups is 1. The van der Waals surface area contributed by atoms with Crippen LogP contribution in [-0.2, 0) is 24.3 Å². The van der Waals surface area contributed by atoms with Gasteiger partial charge in [0.15, 0.2) is 5.58 Å². The third kappa shape index (κ3) is 3.92. The van der Waals surface area contributed by atoms with E-state index in [1.54, 1.807) is 18.4 Å². The Hall–Kier alpha value is -3.12. The summed E-state index contributed by atoms with van der Waals surface area (Å²) in [5, 5.41) is 7.01. The number of fused-ring (bicyclic) bond motifs is 1. The van der Waals surface area contributed by atoms with Crippen molar-refractivity contribution in [3.8, 4) is 5.75 Å². The number of benzene rings is 2. The molecule has 0 fully saturated rings. The van der Waals surface area contributed by atoms with Crippen LogP contribution in [0.5, 0.6) is 5.75 Å². The van der Waals surface area contributed by atoms with E-state index in [0.717, 1.165) is 21.6 Å². The Kier molecular flexibility index (Phi) is 5.39. The lowest BCUT2D eigenvalue weighted by atomic mass is 10.1. The van der Waals surface area contributed by atoms with Crippen LogP contribution in [0.25, 0.3) is 11.0 Å². The fourth-order valence-corrected chi connectivity index (χ4v) is 3.90. The zero-order valence-electron chi connectivity index (χ0n) is 15.5. The molecule has 28 heavy (non-hydrogen) atoms. The summed E-state index contributed by atoms with van der Waals surface area (Å²) in [6.45, 7) is 1.01. The largest absolute Gasteiger partial charge is 0.496 e. The maximum atomic E-state index is 13.2. The number of methoxy groups -OCH3 is 1. The number of amides is 1. The van der Waals surface area contributed by atoms with Crippen molar-refractivity contribution in [2.75, 3.05) is 7.11 Å². The van der Waals surface area contributed by atoms with Crippen LogP contribution in [0.15, 0.2) is 70.6 Å². The van der Waals surface area contributed by atoms with E-state index in [0.29, 0.717) is 24.4 Å². The standard InChI is InChI=1S/C22H20N2O3S/c1-26-20-10-4-2-7-16(20)14-24(15-17-8-6-12-28-17)22(25)13-19-18-9-3-5-11-21(18)27-23-19/h2-12H,13-15H2,1H3. The van der Waals surface area contributed by atoms with E-state index in [-0.39, 0.29) is 12.3 Å². The number of thiophene rings is 1. The maximum absolute atomic E-state index is 13.2. The van der Waals surface area contributed by atoms with Gasteiger partial charge in [-0.05, 0) is 29.6 Å². The SMILES string of the molecule is COc1ccccc1CN(Cc1cccs1)C(=O)Cc1noc2ccccc12. The highest BCUT2D eigenvalue weighted by molar-refractivity contribution is 7.09. The summed E-state index contributed by atoms with van der Waals surface area (Å²) in [6, 6.07) is 19.4. The predicted molar refractivity (Wildman–Crippen MR) is 109 cm³/mol. The quantitative estimate of drug-likeness (QED) is 0.459. The molecule has 0 N–H and O–H groups in total. The van der Waals surface area contributed by atoms with Gasteiger partial charge in [0.05, 0.1) is 20.1 Å². The van der Waals surface area contributed by atoms with Crippen molar-refractivity contribution in [3.63, 3.8) is 0 Å². The van der Waals surface area contributed by atoms with Gasteiger partial charge in [0, 0.05) is 22.4 Å². The van der Waals surface area contributed by atoms with E-state index < -0.39 is 0 Å². The smallest absolute Gasteiger partial charge is 0.229 e. The van der Waals surface area contributed by atoms with Gasteiger partial charge in [0.25, 0.3) is 0 Å². The third-order valence-corrected chi connectivity index (χ3v) is 5.47. The second-order valence-corrected chi connectivity index (χ2v) is 7.48.